The maximum atomic E-state index is 12.8. The number of nitrogens with two attached hydrogens (primary N) is 1. The first-order valence-corrected chi connectivity index (χ1v) is 12.5. The number of hydrogen-bond donors (Lipinski definition) is 3. The minimum absolute atomic E-state index is 0.00503. The number of aromatic nitrogens is 2. The zero-order chi connectivity index (χ0) is 24.6. The summed E-state index contributed by atoms with van der Waals surface area (Å²) in [6, 6.07) is 12.0. The Morgan fingerprint density at radius 3 is 2.30 bits per heavy atom. The molecular weight excluding hydrogens is 436 g/mol. The number of sulfonamides is 1. The highest BCUT2D eigenvalue weighted by Gasteiger charge is 2.26. The second kappa shape index (κ2) is 9.29. The Bertz CT molecular complexity index is 1230. The Morgan fingerprint density at radius 1 is 1.09 bits per heavy atom. The zero-order valence-corrected chi connectivity index (χ0v) is 21.0. The van der Waals surface area contributed by atoms with Gasteiger partial charge in [-0.1, -0.05) is 44.5 Å². The van der Waals surface area contributed by atoms with Crippen LogP contribution >= 0.6 is 0 Å². The maximum absolute atomic E-state index is 12.8. The van der Waals surface area contributed by atoms with E-state index >= 15 is 0 Å². The molecule has 2 aromatic carbocycles. The number of rotatable bonds is 7. The van der Waals surface area contributed by atoms with Crippen molar-refractivity contribution in [3.05, 3.63) is 76.1 Å². The van der Waals surface area contributed by atoms with Crippen molar-refractivity contribution >= 4 is 15.7 Å². The van der Waals surface area contributed by atoms with Crippen molar-refractivity contribution in [2.45, 2.75) is 71.0 Å². The minimum atomic E-state index is -3.98. The summed E-state index contributed by atoms with van der Waals surface area (Å²) in [7, 11) is -3.98. The van der Waals surface area contributed by atoms with Gasteiger partial charge in [-0.15, -0.1) is 0 Å². The number of nitrogens with one attached hydrogen (secondary N) is 1. The number of benzene rings is 2. The van der Waals surface area contributed by atoms with Gasteiger partial charge in [-0.3, -0.25) is 4.68 Å². The Balaban J connectivity index is 1.92. The van der Waals surface area contributed by atoms with Crippen molar-refractivity contribution in [2.24, 2.45) is 0 Å². The molecule has 1 aromatic heterocycles. The summed E-state index contributed by atoms with van der Waals surface area (Å²) in [5, 5.41) is 15.6. The first kappa shape index (κ1) is 25.0. The number of nitrogen functional groups attached to an aromatic ring is 1. The van der Waals surface area contributed by atoms with E-state index in [1.165, 1.54) is 34.4 Å². The topological polar surface area (TPSA) is 110 Å². The van der Waals surface area contributed by atoms with Crippen molar-refractivity contribution in [3.63, 3.8) is 0 Å². The van der Waals surface area contributed by atoms with E-state index in [1.807, 2.05) is 20.8 Å². The molecule has 1 unspecified atom stereocenters. The van der Waals surface area contributed by atoms with E-state index in [2.05, 4.69) is 37.6 Å². The van der Waals surface area contributed by atoms with Gasteiger partial charge in [0.1, 0.15) is 0 Å². The van der Waals surface area contributed by atoms with Gasteiger partial charge in [0.2, 0.25) is 10.0 Å². The predicted molar refractivity (Wildman–Crippen MR) is 131 cm³/mol. The van der Waals surface area contributed by atoms with Gasteiger partial charge in [-0.2, -0.15) is 9.82 Å². The van der Waals surface area contributed by atoms with Crippen LogP contribution in [0, 0.1) is 20.8 Å². The molecule has 7 nitrogen and oxygen atoms in total. The molecule has 3 rings (SSSR count). The summed E-state index contributed by atoms with van der Waals surface area (Å²) < 4.78 is 29.7. The lowest BCUT2D eigenvalue weighted by Gasteiger charge is -2.17. The van der Waals surface area contributed by atoms with Crippen LogP contribution in [0.5, 0.6) is 0 Å². The number of aryl methyl sites for hydroxylation is 4. The van der Waals surface area contributed by atoms with Crippen LogP contribution in [0.15, 0.2) is 47.4 Å². The Labute approximate surface area is 196 Å². The molecule has 0 aliphatic rings. The van der Waals surface area contributed by atoms with Crippen molar-refractivity contribution < 1.29 is 13.5 Å². The lowest BCUT2D eigenvalue weighted by Crippen LogP contribution is -2.30. The average Bonchev–Trinajstić information content (AvgIpc) is 3.12. The van der Waals surface area contributed by atoms with E-state index in [0.29, 0.717) is 24.3 Å². The van der Waals surface area contributed by atoms with Gasteiger partial charge in [0.05, 0.1) is 16.3 Å². The van der Waals surface area contributed by atoms with Crippen molar-refractivity contribution in [3.8, 4) is 0 Å². The van der Waals surface area contributed by atoms with E-state index in [1.54, 1.807) is 22.9 Å². The molecular formula is C25H34N4O3S. The van der Waals surface area contributed by atoms with Crippen LogP contribution in [0.25, 0.3) is 0 Å². The fourth-order valence-corrected chi connectivity index (χ4v) is 5.08. The first-order valence-electron chi connectivity index (χ1n) is 11.0. The molecule has 178 valence electrons. The number of aliphatic hydroxyl groups excluding tert-OH is 1. The number of hydrogen-bond acceptors (Lipinski definition) is 5. The van der Waals surface area contributed by atoms with Crippen molar-refractivity contribution in [1.29, 1.82) is 0 Å². The lowest BCUT2D eigenvalue weighted by atomic mass is 9.92. The van der Waals surface area contributed by atoms with E-state index in [4.69, 9.17) is 10.8 Å². The average molecular weight is 471 g/mol. The Morgan fingerprint density at radius 2 is 1.73 bits per heavy atom. The molecule has 33 heavy (non-hydrogen) atoms. The molecule has 0 saturated carbocycles. The summed E-state index contributed by atoms with van der Waals surface area (Å²) in [6.45, 7) is 12.9. The van der Waals surface area contributed by atoms with Crippen molar-refractivity contribution in [1.82, 2.24) is 14.5 Å². The molecule has 0 spiro atoms. The fraction of sp³-hybridized carbons (Fsp3) is 0.400. The molecule has 0 saturated heterocycles. The monoisotopic (exact) mass is 470 g/mol. The van der Waals surface area contributed by atoms with E-state index in [0.717, 1.165) is 5.69 Å². The van der Waals surface area contributed by atoms with Gasteiger partial charge in [-0.05, 0) is 68.1 Å². The molecule has 1 atom stereocenters. The fourth-order valence-electron chi connectivity index (χ4n) is 3.98. The maximum Gasteiger partial charge on any atom is 0.243 e. The van der Waals surface area contributed by atoms with Gasteiger partial charge >= 0.3 is 0 Å². The van der Waals surface area contributed by atoms with Gasteiger partial charge in [0.25, 0.3) is 0 Å². The molecule has 3 aromatic rings. The van der Waals surface area contributed by atoms with Crippen LogP contribution < -0.4 is 10.5 Å². The minimum Gasteiger partial charge on any atom is -0.399 e. The van der Waals surface area contributed by atoms with E-state index < -0.39 is 16.3 Å². The molecule has 0 amide bonds. The smallest absolute Gasteiger partial charge is 0.243 e. The van der Waals surface area contributed by atoms with Crippen LogP contribution in [0.1, 0.15) is 60.6 Å². The molecule has 0 fully saturated rings. The second-order valence-corrected chi connectivity index (χ2v) is 11.4. The summed E-state index contributed by atoms with van der Waals surface area (Å²) in [5.74, 6) is 0. The van der Waals surface area contributed by atoms with Gasteiger partial charge < -0.3 is 10.8 Å². The normalized spacial score (nSPS) is 13.3. The molecule has 0 aliphatic heterocycles. The second-order valence-electron chi connectivity index (χ2n) is 9.65. The molecule has 0 bridgehead atoms. The van der Waals surface area contributed by atoms with Crippen LogP contribution in [-0.2, 0) is 28.4 Å². The van der Waals surface area contributed by atoms with Gasteiger partial charge in [-0.25, -0.2) is 8.42 Å². The van der Waals surface area contributed by atoms with Crippen molar-refractivity contribution in [2.75, 3.05) is 5.73 Å². The van der Waals surface area contributed by atoms with Crippen LogP contribution in [0.4, 0.5) is 5.69 Å². The predicted octanol–water partition coefficient (Wildman–Crippen LogP) is 3.90. The molecule has 4 N–H and O–H groups in total. The summed E-state index contributed by atoms with van der Waals surface area (Å²) in [6.07, 6.45) is -0.745. The highest BCUT2D eigenvalue weighted by atomic mass is 32.2. The summed E-state index contributed by atoms with van der Waals surface area (Å²) in [5.41, 5.74) is 11.8. The van der Waals surface area contributed by atoms with Crippen LogP contribution in [-0.4, -0.2) is 23.3 Å². The van der Waals surface area contributed by atoms with E-state index in [-0.39, 0.29) is 10.3 Å². The highest BCUT2D eigenvalue weighted by molar-refractivity contribution is 7.89. The lowest BCUT2D eigenvalue weighted by molar-refractivity contribution is 0.155. The molecule has 1 heterocycles. The van der Waals surface area contributed by atoms with Crippen LogP contribution in [0.2, 0.25) is 0 Å². The first-order chi connectivity index (χ1) is 15.3. The van der Waals surface area contributed by atoms with Gasteiger partial charge in [0, 0.05) is 17.6 Å². The quantitative estimate of drug-likeness (QED) is 0.358. The standard InChI is InChI=1S/C25H34N4O3S/c1-16-12-17(2)21(18(3)13-16)10-11-29-22(15-23(27-29)25(4,5)6)24(30)28-33(31,32)20-9-7-8-19(26)14-20/h7-9,12-15,24,28,30H,10-11,26H2,1-6H3. The zero-order valence-electron chi connectivity index (χ0n) is 20.2. The Kier molecular flexibility index (Phi) is 7.02. The summed E-state index contributed by atoms with van der Waals surface area (Å²) in [4.78, 5) is -0.00503. The number of nitrogens with zero attached hydrogens (tertiary/aromatic N) is 2. The molecule has 0 radical (unpaired) electrons. The largest absolute Gasteiger partial charge is 0.399 e. The Hall–Kier alpha value is -2.68. The SMILES string of the molecule is Cc1cc(C)c(CCn2nc(C(C)(C)C)cc2C(O)NS(=O)(=O)c2cccc(N)c2)c(C)c1. The highest BCUT2D eigenvalue weighted by Crippen LogP contribution is 2.26. The van der Waals surface area contributed by atoms with Gasteiger partial charge in [0.15, 0.2) is 6.23 Å². The van der Waals surface area contributed by atoms with E-state index in [9.17, 15) is 13.5 Å². The number of anilines is 1. The molecule has 0 aliphatic carbocycles. The number of aliphatic hydroxyl groups is 1. The third-order valence-corrected chi connectivity index (χ3v) is 7.12. The van der Waals surface area contributed by atoms with Crippen LogP contribution in [0.3, 0.4) is 0 Å². The summed E-state index contributed by atoms with van der Waals surface area (Å²) >= 11 is 0. The third-order valence-electron chi connectivity index (χ3n) is 5.71. The molecule has 8 heteroatoms. The third kappa shape index (κ3) is 5.82.